The van der Waals surface area contributed by atoms with Crippen molar-refractivity contribution in [1.29, 1.82) is 0 Å². The van der Waals surface area contributed by atoms with Gasteiger partial charge in [-0.25, -0.2) is 4.98 Å². The molecule has 0 spiro atoms. The van der Waals surface area contributed by atoms with Crippen molar-refractivity contribution in [2.75, 3.05) is 30.4 Å². The first-order chi connectivity index (χ1) is 15.1. The minimum absolute atomic E-state index is 0.0520. The topological polar surface area (TPSA) is 119 Å². The summed E-state index contributed by atoms with van der Waals surface area (Å²) < 4.78 is 5.83. The number of nitrogens with one attached hydrogen (secondary N) is 1. The number of methoxy groups -OCH3 is 1. The number of benzene rings is 1. The number of rotatable bonds is 6. The Labute approximate surface area is 189 Å². The largest absolute Gasteiger partial charge is 0.374 e. The number of hydrogen-bond acceptors (Lipinski definition) is 7. The predicted molar refractivity (Wildman–Crippen MR) is 126 cm³/mol. The van der Waals surface area contributed by atoms with E-state index >= 15 is 0 Å². The summed E-state index contributed by atoms with van der Waals surface area (Å²) in [5.74, 6) is 0.383. The van der Waals surface area contributed by atoms with Crippen molar-refractivity contribution < 1.29 is 9.53 Å². The van der Waals surface area contributed by atoms with Crippen LogP contribution in [0.3, 0.4) is 0 Å². The zero-order valence-electron chi connectivity index (χ0n) is 19.4. The molecule has 172 valence electrons. The van der Waals surface area contributed by atoms with Crippen LogP contribution in [-0.2, 0) is 15.8 Å². The number of nitrogens with two attached hydrogens (primary N) is 2. The number of anilines is 3. The first kappa shape index (κ1) is 22.5. The van der Waals surface area contributed by atoms with Gasteiger partial charge in [0, 0.05) is 38.1 Å². The highest BCUT2D eigenvalue weighted by molar-refractivity contribution is 5.98. The average Bonchev–Trinajstić information content (AvgIpc) is 3.54. The number of amides is 1. The predicted octanol–water partition coefficient (Wildman–Crippen LogP) is 3.18. The van der Waals surface area contributed by atoms with Gasteiger partial charge in [-0.1, -0.05) is 26.8 Å². The molecule has 2 aliphatic rings. The third-order valence-corrected chi connectivity index (χ3v) is 6.46. The maximum Gasteiger partial charge on any atom is 0.254 e. The summed E-state index contributed by atoms with van der Waals surface area (Å²) >= 11 is 0. The summed E-state index contributed by atoms with van der Waals surface area (Å²) in [5.41, 5.74) is 14.9. The minimum Gasteiger partial charge on any atom is -0.374 e. The van der Waals surface area contributed by atoms with Crippen LogP contribution >= 0.6 is 0 Å². The Morgan fingerprint density at radius 2 is 2.03 bits per heavy atom. The summed E-state index contributed by atoms with van der Waals surface area (Å²) in [6, 6.07) is 6.49. The minimum atomic E-state index is -0.572. The zero-order chi connectivity index (χ0) is 23.1. The van der Waals surface area contributed by atoms with Crippen LogP contribution in [0.5, 0.6) is 0 Å². The molecular formula is C24H34N6O2. The number of nitrogens with zero attached hydrogens (tertiary/aromatic N) is 3. The molecule has 0 radical (unpaired) electrons. The summed E-state index contributed by atoms with van der Waals surface area (Å²) in [4.78, 5) is 23.2. The molecule has 4 rings (SSSR count). The Morgan fingerprint density at radius 1 is 1.28 bits per heavy atom. The van der Waals surface area contributed by atoms with E-state index in [-0.39, 0.29) is 22.6 Å². The van der Waals surface area contributed by atoms with Crippen molar-refractivity contribution >= 4 is 23.4 Å². The normalized spacial score (nSPS) is 20.2. The van der Waals surface area contributed by atoms with Gasteiger partial charge in [-0.3, -0.25) is 4.79 Å². The highest BCUT2D eigenvalue weighted by atomic mass is 16.5. The molecule has 5 N–H and O–H groups in total. The number of piperidine rings is 1. The Bertz CT molecular complexity index is 1010. The molecule has 1 saturated heterocycles. The Kier molecular flexibility index (Phi) is 5.85. The molecular weight excluding hydrogens is 404 g/mol. The first-order valence-corrected chi connectivity index (χ1v) is 11.3. The van der Waals surface area contributed by atoms with Crippen molar-refractivity contribution in [3.8, 4) is 0 Å². The molecule has 1 atom stereocenters. The highest BCUT2D eigenvalue weighted by Gasteiger charge is 2.45. The number of carbonyl (C=O) groups excluding carboxylic acids is 1. The highest BCUT2D eigenvalue weighted by Crippen LogP contribution is 2.50. The van der Waals surface area contributed by atoms with Crippen LogP contribution in [0.1, 0.15) is 67.9 Å². The molecule has 8 nitrogen and oxygen atoms in total. The molecule has 0 bridgehead atoms. The number of ether oxygens (including phenoxy) is 1. The van der Waals surface area contributed by atoms with Gasteiger partial charge in [-0.15, -0.1) is 0 Å². The van der Waals surface area contributed by atoms with E-state index in [0.717, 1.165) is 43.5 Å². The Hall–Kier alpha value is -2.71. The van der Waals surface area contributed by atoms with Gasteiger partial charge in [0.15, 0.2) is 0 Å². The summed E-state index contributed by atoms with van der Waals surface area (Å²) in [7, 11) is 1.76. The lowest BCUT2D eigenvalue weighted by Crippen LogP contribution is -2.43. The smallest absolute Gasteiger partial charge is 0.254 e. The van der Waals surface area contributed by atoms with E-state index in [0.29, 0.717) is 18.3 Å². The monoisotopic (exact) mass is 438 g/mol. The second-order valence-corrected chi connectivity index (χ2v) is 10.0. The van der Waals surface area contributed by atoms with Crippen LogP contribution in [0, 0.1) is 0 Å². The van der Waals surface area contributed by atoms with E-state index in [1.54, 1.807) is 7.11 Å². The number of aromatic nitrogens is 2. The van der Waals surface area contributed by atoms with Gasteiger partial charge in [0.25, 0.3) is 5.91 Å². The second-order valence-electron chi connectivity index (χ2n) is 10.0. The quantitative estimate of drug-likeness (QED) is 0.633. The molecule has 1 unspecified atom stereocenters. The maximum atomic E-state index is 12.1. The lowest BCUT2D eigenvalue weighted by atomic mass is 9.85. The van der Waals surface area contributed by atoms with E-state index in [4.69, 9.17) is 16.2 Å². The third-order valence-electron chi connectivity index (χ3n) is 6.46. The Balaban J connectivity index is 1.73. The van der Waals surface area contributed by atoms with Gasteiger partial charge in [0.2, 0.25) is 5.95 Å². The van der Waals surface area contributed by atoms with Gasteiger partial charge >= 0.3 is 0 Å². The molecule has 1 aromatic carbocycles. The Morgan fingerprint density at radius 3 is 2.62 bits per heavy atom. The second kappa shape index (κ2) is 8.33. The number of carbonyl (C=O) groups is 1. The van der Waals surface area contributed by atoms with Crippen LogP contribution in [0.2, 0.25) is 0 Å². The van der Waals surface area contributed by atoms with E-state index in [2.05, 4.69) is 59.2 Å². The van der Waals surface area contributed by atoms with Crippen LogP contribution < -0.4 is 21.7 Å². The fourth-order valence-corrected chi connectivity index (χ4v) is 4.25. The third kappa shape index (κ3) is 4.56. The van der Waals surface area contributed by atoms with Crippen LogP contribution in [0.25, 0.3) is 0 Å². The summed E-state index contributed by atoms with van der Waals surface area (Å²) in [5, 5.41) is 3.36. The molecule has 1 aliphatic carbocycles. The fourth-order valence-electron chi connectivity index (χ4n) is 4.25. The molecule has 1 aromatic heterocycles. The van der Waals surface area contributed by atoms with Crippen molar-refractivity contribution in [2.45, 2.75) is 63.5 Å². The standard InChI is InChI=1S/C24H34N6O2/c1-23(2,3)15-10-16(24(32-4)7-8-24)12-18(11-15)28-21-19(20(26)31)13-27-22(29-21)30-9-5-6-17(25)14-30/h10-13,17H,5-9,14,25H2,1-4H3,(H2,26,31)(H,27,28,29). The van der Waals surface area contributed by atoms with E-state index < -0.39 is 5.91 Å². The summed E-state index contributed by atoms with van der Waals surface area (Å²) in [6.07, 6.45) is 5.47. The molecule has 2 heterocycles. The molecule has 1 aliphatic heterocycles. The SMILES string of the molecule is COC1(c2cc(Nc3nc(N4CCCC(N)C4)ncc3C(N)=O)cc(C(C)(C)C)c2)CC1. The van der Waals surface area contributed by atoms with Gasteiger partial charge in [-0.2, -0.15) is 4.98 Å². The van der Waals surface area contributed by atoms with Gasteiger partial charge in [0.05, 0.1) is 5.60 Å². The van der Waals surface area contributed by atoms with E-state index in [1.807, 2.05) is 0 Å². The molecule has 8 heteroatoms. The molecule has 2 aromatic rings. The lowest BCUT2D eigenvalue weighted by molar-refractivity contribution is 0.0788. The zero-order valence-corrected chi connectivity index (χ0v) is 19.4. The van der Waals surface area contributed by atoms with Gasteiger partial charge in [0.1, 0.15) is 11.4 Å². The molecule has 1 saturated carbocycles. The number of hydrogen-bond donors (Lipinski definition) is 3. The fraction of sp³-hybridized carbons (Fsp3) is 0.542. The molecule has 1 amide bonds. The molecule has 2 fully saturated rings. The van der Waals surface area contributed by atoms with Crippen LogP contribution in [-0.4, -0.2) is 42.1 Å². The van der Waals surface area contributed by atoms with E-state index in [1.165, 1.54) is 11.8 Å². The van der Waals surface area contributed by atoms with Crippen molar-refractivity contribution in [3.05, 3.63) is 41.1 Å². The van der Waals surface area contributed by atoms with Crippen molar-refractivity contribution in [1.82, 2.24) is 9.97 Å². The number of primary amides is 1. The maximum absolute atomic E-state index is 12.1. The summed E-state index contributed by atoms with van der Waals surface area (Å²) in [6.45, 7) is 8.07. The van der Waals surface area contributed by atoms with Gasteiger partial charge in [-0.05, 0) is 54.4 Å². The van der Waals surface area contributed by atoms with Crippen LogP contribution in [0.15, 0.2) is 24.4 Å². The van der Waals surface area contributed by atoms with Crippen molar-refractivity contribution in [3.63, 3.8) is 0 Å². The van der Waals surface area contributed by atoms with E-state index in [9.17, 15) is 4.79 Å². The van der Waals surface area contributed by atoms with Crippen molar-refractivity contribution in [2.24, 2.45) is 11.5 Å². The van der Waals surface area contributed by atoms with Gasteiger partial charge < -0.3 is 26.4 Å². The van der Waals surface area contributed by atoms with Crippen LogP contribution in [0.4, 0.5) is 17.5 Å². The lowest BCUT2D eigenvalue weighted by Gasteiger charge is -2.31. The average molecular weight is 439 g/mol. The first-order valence-electron chi connectivity index (χ1n) is 11.3. The molecule has 32 heavy (non-hydrogen) atoms.